The molecule has 3 heteroatoms. The highest BCUT2D eigenvalue weighted by Gasteiger charge is 2.10. The molecule has 0 fully saturated rings. The number of hydrogen-bond donors (Lipinski definition) is 1. The highest BCUT2D eigenvalue weighted by molar-refractivity contribution is 6.00. The van der Waals surface area contributed by atoms with E-state index >= 15 is 0 Å². The molecule has 0 aliphatic carbocycles. The van der Waals surface area contributed by atoms with Gasteiger partial charge in [0.15, 0.2) is 0 Å². The predicted molar refractivity (Wildman–Crippen MR) is 65.8 cm³/mol. The lowest BCUT2D eigenvalue weighted by atomic mass is 10.1. The second kappa shape index (κ2) is 5.66. The van der Waals surface area contributed by atoms with Crippen molar-refractivity contribution in [2.24, 2.45) is 4.99 Å². The zero-order valence-electron chi connectivity index (χ0n) is 9.70. The minimum Gasteiger partial charge on any atom is -0.377 e. The normalized spacial score (nSPS) is 15.4. The average molecular weight is 218 g/mol. The number of ether oxygens (including phenoxy) is 1. The fourth-order valence-corrected chi connectivity index (χ4v) is 1.80. The fraction of sp³-hybridized carbons (Fsp3) is 0.462. The van der Waals surface area contributed by atoms with Crippen molar-refractivity contribution in [2.45, 2.75) is 20.0 Å². The van der Waals surface area contributed by atoms with Gasteiger partial charge >= 0.3 is 0 Å². The number of amidine groups is 1. The molecular weight excluding hydrogens is 200 g/mol. The number of hydrogen-bond acceptors (Lipinski definition) is 3. The lowest BCUT2D eigenvalue weighted by molar-refractivity contribution is 0.134. The van der Waals surface area contributed by atoms with Crippen molar-refractivity contribution in [2.75, 3.05) is 19.7 Å². The molecule has 0 spiro atoms. The molecule has 1 aromatic rings. The molecule has 1 N–H and O–H groups in total. The molecule has 0 atom stereocenters. The molecule has 1 aliphatic heterocycles. The molecule has 16 heavy (non-hydrogen) atoms. The van der Waals surface area contributed by atoms with Gasteiger partial charge in [0.05, 0.1) is 6.61 Å². The van der Waals surface area contributed by atoms with Crippen LogP contribution >= 0.6 is 0 Å². The van der Waals surface area contributed by atoms with E-state index in [1.165, 1.54) is 11.1 Å². The molecule has 0 radical (unpaired) electrons. The summed E-state index contributed by atoms with van der Waals surface area (Å²) in [6.45, 7) is 5.35. The third-order valence-corrected chi connectivity index (χ3v) is 2.63. The van der Waals surface area contributed by atoms with E-state index in [2.05, 4.69) is 22.4 Å². The van der Waals surface area contributed by atoms with Crippen molar-refractivity contribution >= 4 is 5.84 Å². The molecule has 0 amide bonds. The van der Waals surface area contributed by atoms with Gasteiger partial charge in [0, 0.05) is 25.3 Å². The monoisotopic (exact) mass is 218 g/mol. The predicted octanol–water partition coefficient (Wildman–Crippen LogP) is 1.96. The summed E-state index contributed by atoms with van der Waals surface area (Å²) in [7, 11) is 0. The van der Waals surface area contributed by atoms with Crippen LogP contribution in [0, 0.1) is 0 Å². The van der Waals surface area contributed by atoms with Crippen LogP contribution in [0.2, 0.25) is 0 Å². The molecule has 3 nitrogen and oxygen atoms in total. The van der Waals surface area contributed by atoms with Crippen molar-refractivity contribution in [3.63, 3.8) is 0 Å². The first-order valence-corrected chi connectivity index (χ1v) is 5.86. The van der Waals surface area contributed by atoms with Crippen molar-refractivity contribution < 1.29 is 4.74 Å². The van der Waals surface area contributed by atoms with Gasteiger partial charge < -0.3 is 10.1 Å². The van der Waals surface area contributed by atoms with Gasteiger partial charge in [-0.05, 0) is 18.9 Å². The number of rotatable bonds is 4. The summed E-state index contributed by atoms with van der Waals surface area (Å²) in [5, 5.41) is 3.35. The third-order valence-electron chi connectivity index (χ3n) is 2.63. The first-order chi connectivity index (χ1) is 7.92. The Morgan fingerprint density at radius 1 is 1.38 bits per heavy atom. The number of nitrogens with zero attached hydrogens (tertiary/aromatic N) is 1. The Labute approximate surface area is 96.5 Å². The maximum atomic E-state index is 5.47. The van der Waals surface area contributed by atoms with Gasteiger partial charge in [0.25, 0.3) is 0 Å². The molecule has 0 saturated carbocycles. The molecule has 0 saturated heterocycles. The van der Waals surface area contributed by atoms with E-state index in [1.54, 1.807) is 0 Å². The van der Waals surface area contributed by atoms with Crippen LogP contribution in [0.3, 0.4) is 0 Å². The summed E-state index contributed by atoms with van der Waals surface area (Å²) in [6, 6.07) is 8.29. The highest BCUT2D eigenvalue weighted by Crippen LogP contribution is 2.12. The maximum Gasteiger partial charge on any atom is 0.128 e. The lowest BCUT2D eigenvalue weighted by Crippen LogP contribution is -2.31. The van der Waals surface area contributed by atoms with Gasteiger partial charge in [-0.3, -0.25) is 4.99 Å². The van der Waals surface area contributed by atoms with E-state index in [4.69, 9.17) is 4.74 Å². The summed E-state index contributed by atoms with van der Waals surface area (Å²) in [6.07, 6.45) is 1.12. The Morgan fingerprint density at radius 2 is 2.25 bits per heavy atom. The number of nitrogens with one attached hydrogen (secondary N) is 1. The minimum absolute atomic E-state index is 0.660. The van der Waals surface area contributed by atoms with Crippen molar-refractivity contribution in [1.82, 2.24) is 5.32 Å². The molecule has 2 rings (SSSR count). The van der Waals surface area contributed by atoms with E-state index in [-0.39, 0.29) is 0 Å². The highest BCUT2D eigenvalue weighted by atomic mass is 16.5. The number of aliphatic imine (C=N–C) groups is 1. The third kappa shape index (κ3) is 2.61. The van der Waals surface area contributed by atoms with Gasteiger partial charge in [-0.25, -0.2) is 0 Å². The second-order valence-electron chi connectivity index (χ2n) is 3.80. The zero-order chi connectivity index (χ0) is 11.2. The van der Waals surface area contributed by atoms with Crippen LogP contribution in [0.4, 0.5) is 0 Å². The van der Waals surface area contributed by atoms with Gasteiger partial charge in [0.1, 0.15) is 5.84 Å². The first-order valence-electron chi connectivity index (χ1n) is 5.86. The number of benzene rings is 1. The smallest absolute Gasteiger partial charge is 0.128 e. The first kappa shape index (κ1) is 11.1. The van der Waals surface area contributed by atoms with Crippen LogP contribution in [0.25, 0.3) is 0 Å². The largest absolute Gasteiger partial charge is 0.377 e. The maximum absolute atomic E-state index is 5.47. The topological polar surface area (TPSA) is 33.6 Å². The molecule has 86 valence electrons. The fourth-order valence-electron chi connectivity index (χ4n) is 1.80. The van der Waals surface area contributed by atoms with Crippen LogP contribution in [0.15, 0.2) is 29.3 Å². The van der Waals surface area contributed by atoms with Crippen molar-refractivity contribution in [1.29, 1.82) is 0 Å². The molecule has 1 heterocycles. The van der Waals surface area contributed by atoms with Crippen molar-refractivity contribution in [3.8, 4) is 0 Å². The molecule has 0 bridgehead atoms. The quantitative estimate of drug-likeness (QED) is 0.838. The molecule has 1 aliphatic rings. The summed E-state index contributed by atoms with van der Waals surface area (Å²) in [5.41, 5.74) is 2.38. The Morgan fingerprint density at radius 3 is 3.00 bits per heavy atom. The summed E-state index contributed by atoms with van der Waals surface area (Å²) < 4.78 is 5.47. The Balaban J connectivity index is 2.21. The summed E-state index contributed by atoms with van der Waals surface area (Å²) in [5.74, 6) is 1.02. The van der Waals surface area contributed by atoms with E-state index < -0.39 is 0 Å². The van der Waals surface area contributed by atoms with Crippen LogP contribution in [-0.4, -0.2) is 25.5 Å². The SMILES string of the molecule is CCOCc1ccccc1C1=NCCCN1. The van der Waals surface area contributed by atoms with E-state index in [9.17, 15) is 0 Å². The Bertz CT molecular complexity index is 374. The van der Waals surface area contributed by atoms with E-state index in [0.717, 1.165) is 32.0 Å². The van der Waals surface area contributed by atoms with Gasteiger partial charge in [-0.1, -0.05) is 24.3 Å². The minimum atomic E-state index is 0.660. The van der Waals surface area contributed by atoms with E-state index in [0.29, 0.717) is 6.61 Å². The summed E-state index contributed by atoms with van der Waals surface area (Å²) >= 11 is 0. The summed E-state index contributed by atoms with van der Waals surface area (Å²) in [4.78, 5) is 4.52. The van der Waals surface area contributed by atoms with Crippen LogP contribution in [0.5, 0.6) is 0 Å². The Kier molecular flexibility index (Phi) is 3.94. The van der Waals surface area contributed by atoms with Gasteiger partial charge in [0.2, 0.25) is 0 Å². The van der Waals surface area contributed by atoms with Gasteiger partial charge in [-0.15, -0.1) is 0 Å². The molecule has 1 aromatic carbocycles. The van der Waals surface area contributed by atoms with Crippen LogP contribution in [-0.2, 0) is 11.3 Å². The van der Waals surface area contributed by atoms with Gasteiger partial charge in [-0.2, -0.15) is 0 Å². The second-order valence-corrected chi connectivity index (χ2v) is 3.80. The Hall–Kier alpha value is -1.35. The van der Waals surface area contributed by atoms with E-state index in [1.807, 2.05) is 19.1 Å². The standard InChI is InChI=1S/C13H18N2O/c1-2-16-10-11-6-3-4-7-12(11)13-14-8-5-9-15-13/h3-4,6-7H,2,5,8-10H2,1H3,(H,14,15). The molecule has 0 unspecified atom stereocenters. The van der Waals surface area contributed by atoms with Crippen LogP contribution < -0.4 is 5.32 Å². The van der Waals surface area contributed by atoms with Crippen LogP contribution in [0.1, 0.15) is 24.5 Å². The molecule has 0 aromatic heterocycles. The lowest BCUT2D eigenvalue weighted by Gasteiger charge is -2.17. The molecular formula is C13H18N2O. The van der Waals surface area contributed by atoms with Crippen molar-refractivity contribution in [3.05, 3.63) is 35.4 Å². The average Bonchev–Trinajstić information content (AvgIpc) is 2.38. The zero-order valence-corrected chi connectivity index (χ0v) is 9.70.